The Morgan fingerprint density at radius 1 is 1.65 bits per heavy atom. The Morgan fingerprint density at radius 2 is 2.47 bits per heavy atom. The van der Waals surface area contributed by atoms with Crippen molar-refractivity contribution in [2.24, 2.45) is 5.92 Å². The van der Waals surface area contributed by atoms with Crippen molar-refractivity contribution in [2.45, 2.75) is 45.3 Å². The number of nitrogens with one attached hydrogen (secondary N) is 2. The summed E-state index contributed by atoms with van der Waals surface area (Å²) in [6.45, 7) is 4.55. The van der Waals surface area contributed by atoms with Crippen molar-refractivity contribution >= 4 is 5.91 Å². The maximum atomic E-state index is 11.8. The minimum atomic E-state index is -0.133. The Labute approximate surface area is 102 Å². The van der Waals surface area contributed by atoms with Crippen LogP contribution in [0.2, 0.25) is 0 Å². The second-order valence-corrected chi connectivity index (χ2v) is 4.70. The van der Waals surface area contributed by atoms with E-state index in [-0.39, 0.29) is 11.9 Å². The highest BCUT2D eigenvalue weighted by Gasteiger charge is 2.36. The zero-order valence-corrected chi connectivity index (χ0v) is 10.4. The number of carbonyl (C=O) groups excluding carboxylic acids is 1. The number of hydrogen-bond donors (Lipinski definition) is 2. The van der Waals surface area contributed by atoms with E-state index in [4.69, 9.17) is 4.42 Å². The van der Waals surface area contributed by atoms with Gasteiger partial charge in [0.15, 0.2) is 0 Å². The maximum absolute atomic E-state index is 11.8. The first-order chi connectivity index (χ1) is 8.20. The summed E-state index contributed by atoms with van der Waals surface area (Å²) in [7, 11) is 0. The average Bonchev–Trinajstić information content (AvgIpc) is 2.87. The highest BCUT2D eigenvalue weighted by atomic mass is 16.3. The molecule has 0 aromatic carbocycles. The SMILES string of the molecule is CCC1CC1NC(C)C(=O)NCc1ccco1. The zero-order valence-electron chi connectivity index (χ0n) is 10.4. The quantitative estimate of drug-likeness (QED) is 0.790. The molecular formula is C13H20N2O2. The molecule has 0 bridgehead atoms. The van der Waals surface area contributed by atoms with Gasteiger partial charge >= 0.3 is 0 Å². The second kappa shape index (κ2) is 5.36. The molecule has 1 aromatic heterocycles. The van der Waals surface area contributed by atoms with Crippen LogP contribution in [0, 0.1) is 5.92 Å². The van der Waals surface area contributed by atoms with E-state index in [1.165, 1.54) is 12.8 Å². The standard InChI is InChI=1S/C13H20N2O2/c1-3-10-7-12(10)15-9(2)13(16)14-8-11-5-4-6-17-11/h4-6,9-10,12,15H,3,7-8H2,1-2H3,(H,14,16). The zero-order chi connectivity index (χ0) is 12.3. The molecule has 1 amide bonds. The first-order valence-corrected chi connectivity index (χ1v) is 6.26. The van der Waals surface area contributed by atoms with Crippen LogP contribution < -0.4 is 10.6 Å². The summed E-state index contributed by atoms with van der Waals surface area (Å²) in [5.74, 6) is 1.57. The van der Waals surface area contributed by atoms with Crippen molar-refractivity contribution in [3.8, 4) is 0 Å². The van der Waals surface area contributed by atoms with Crippen molar-refractivity contribution < 1.29 is 9.21 Å². The van der Waals surface area contributed by atoms with Crippen LogP contribution in [0.3, 0.4) is 0 Å². The third kappa shape index (κ3) is 3.33. The molecule has 1 heterocycles. The monoisotopic (exact) mass is 236 g/mol. The van der Waals surface area contributed by atoms with Crippen LogP contribution in [0.5, 0.6) is 0 Å². The van der Waals surface area contributed by atoms with Gasteiger partial charge in [-0.15, -0.1) is 0 Å². The molecule has 3 unspecified atom stereocenters. The summed E-state index contributed by atoms with van der Waals surface area (Å²) in [5, 5.41) is 6.20. The van der Waals surface area contributed by atoms with E-state index in [2.05, 4.69) is 17.6 Å². The van der Waals surface area contributed by atoms with Gasteiger partial charge in [-0.2, -0.15) is 0 Å². The molecule has 1 aromatic rings. The van der Waals surface area contributed by atoms with Crippen LogP contribution in [-0.4, -0.2) is 18.0 Å². The van der Waals surface area contributed by atoms with E-state index in [0.717, 1.165) is 11.7 Å². The van der Waals surface area contributed by atoms with E-state index >= 15 is 0 Å². The fourth-order valence-electron chi connectivity index (χ4n) is 2.04. The van der Waals surface area contributed by atoms with Gasteiger partial charge in [-0.25, -0.2) is 0 Å². The fraction of sp³-hybridized carbons (Fsp3) is 0.615. The molecule has 3 atom stereocenters. The van der Waals surface area contributed by atoms with Gasteiger partial charge in [-0.05, 0) is 31.4 Å². The van der Waals surface area contributed by atoms with Gasteiger partial charge in [0.05, 0.1) is 18.8 Å². The molecule has 1 saturated carbocycles. The van der Waals surface area contributed by atoms with Crippen molar-refractivity contribution in [3.05, 3.63) is 24.2 Å². The second-order valence-electron chi connectivity index (χ2n) is 4.70. The summed E-state index contributed by atoms with van der Waals surface area (Å²) >= 11 is 0. The van der Waals surface area contributed by atoms with Crippen LogP contribution >= 0.6 is 0 Å². The van der Waals surface area contributed by atoms with Gasteiger partial charge in [0.2, 0.25) is 5.91 Å². The largest absolute Gasteiger partial charge is 0.467 e. The number of carbonyl (C=O) groups is 1. The van der Waals surface area contributed by atoms with E-state index in [1.807, 2.05) is 19.1 Å². The van der Waals surface area contributed by atoms with Gasteiger partial charge < -0.3 is 15.1 Å². The summed E-state index contributed by atoms with van der Waals surface area (Å²) in [4.78, 5) is 11.8. The van der Waals surface area contributed by atoms with E-state index < -0.39 is 0 Å². The summed E-state index contributed by atoms with van der Waals surface area (Å²) in [5.41, 5.74) is 0. The Kier molecular flexibility index (Phi) is 3.84. The van der Waals surface area contributed by atoms with E-state index in [9.17, 15) is 4.79 Å². The summed E-state index contributed by atoms with van der Waals surface area (Å²) in [6, 6.07) is 4.07. The molecule has 1 aliphatic rings. The third-order valence-corrected chi connectivity index (χ3v) is 3.32. The van der Waals surface area contributed by atoms with Crippen molar-refractivity contribution in [3.63, 3.8) is 0 Å². The molecule has 4 nitrogen and oxygen atoms in total. The molecular weight excluding hydrogens is 216 g/mol. The lowest BCUT2D eigenvalue weighted by atomic mass is 10.2. The molecule has 0 radical (unpaired) electrons. The first-order valence-electron chi connectivity index (χ1n) is 6.26. The highest BCUT2D eigenvalue weighted by molar-refractivity contribution is 5.81. The van der Waals surface area contributed by atoms with Crippen molar-refractivity contribution in [1.29, 1.82) is 0 Å². The van der Waals surface area contributed by atoms with Crippen LogP contribution in [0.1, 0.15) is 32.4 Å². The summed E-state index contributed by atoms with van der Waals surface area (Å²) < 4.78 is 5.16. The normalized spacial score (nSPS) is 24.4. The molecule has 17 heavy (non-hydrogen) atoms. The third-order valence-electron chi connectivity index (χ3n) is 3.32. The van der Waals surface area contributed by atoms with Crippen LogP contribution in [0.25, 0.3) is 0 Å². The Hall–Kier alpha value is -1.29. The number of furan rings is 1. The highest BCUT2D eigenvalue weighted by Crippen LogP contribution is 2.33. The minimum Gasteiger partial charge on any atom is -0.467 e. The number of amides is 1. The lowest BCUT2D eigenvalue weighted by Gasteiger charge is -2.13. The summed E-state index contributed by atoms with van der Waals surface area (Å²) in [6.07, 6.45) is 4.00. The number of hydrogen-bond acceptors (Lipinski definition) is 3. The predicted octanol–water partition coefficient (Wildman–Crippen LogP) is 1.67. The van der Waals surface area contributed by atoms with E-state index in [0.29, 0.717) is 12.6 Å². The Balaban J connectivity index is 1.68. The van der Waals surface area contributed by atoms with Crippen LogP contribution in [0.4, 0.5) is 0 Å². The molecule has 1 aliphatic carbocycles. The smallest absolute Gasteiger partial charge is 0.237 e. The van der Waals surface area contributed by atoms with Gasteiger partial charge in [0.25, 0.3) is 0 Å². The molecule has 4 heteroatoms. The Morgan fingerprint density at radius 3 is 3.06 bits per heavy atom. The van der Waals surface area contributed by atoms with E-state index in [1.54, 1.807) is 6.26 Å². The predicted molar refractivity (Wildman–Crippen MR) is 65.3 cm³/mol. The van der Waals surface area contributed by atoms with Gasteiger partial charge in [0, 0.05) is 6.04 Å². The topological polar surface area (TPSA) is 54.3 Å². The molecule has 2 rings (SSSR count). The minimum absolute atomic E-state index is 0.0307. The average molecular weight is 236 g/mol. The molecule has 94 valence electrons. The van der Waals surface area contributed by atoms with Gasteiger partial charge in [-0.3, -0.25) is 4.79 Å². The van der Waals surface area contributed by atoms with Crippen LogP contribution in [0.15, 0.2) is 22.8 Å². The van der Waals surface area contributed by atoms with Crippen molar-refractivity contribution in [1.82, 2.24) is 10.6 Å². The lowest BCUT2D eigenvalue weighted by Crippen LogP contribution is -2.43. The maximum Gasteiger partial charge on any atom is 0.237 e. The first kappa shape index (κ1) is 12.2. The molecule has 0 spiro atoms. The van der Waals surface area contributed by atoms with Gasteiger partial charge in [-0.1, -0.05) is 13.3 Å². The number of rotatable bonds is 6. The molecule has 0 aliphatic heterocycles. The Bertz CT molecular complexity index is 362. The fourth-order valence-corrected chi connectivity index (χ4v) is 2.04. The van der Waals surface area contributed by atoms with Crippen LogP contribution in [-0.2, 0) is 11.3 Å². The molecule has 1 fully saturated rings. The van der Waals surface area contributed by atoms with Crippen molar-refractivity contribution in [2.75, 3.05) is 0 Å². The van der Waals surface area contributed by atoms with Gasteiger partial charge in [0.1, 0.15) is 5.76 Å². The lowest BCUT2D eigenvalue weighted by molar-refractivity contribution is -0.123. The molecule has 2 N–H and O–H groups in total. The molecule has 0 saturated heterocycles.